The summed E-state index contributed by atoms with van der Waals surface area (Å²) < 4.78 is 0. The van der Waals surface area contributed by atoms with Crippen molar-refractivity contribution in [3.63, 3.8) is 0 Å². The largest absolute Gasteiger partial charge is 0.253 e. The topological polar surface area (TPSA) is 37.3 Å². The standard InChI is InChI=1S/C16H19N3S/c1-2-12-7-9-13(10-8-12)11-17-19-16-18-14-5-3-4-6-15(14)20-16/h7-11H,2-6H2,1H3,(H,18,19)/b17-11+. The van der Waals surface area contributed by atoms with Gasteiger partial charge in [-0.05, 0) is 43.2 Å². The Balaban J connectivity index is 1.63. The highest BCUT2D eigenvalue weighted by atomic mass is 32.1. The number of nitrogens with zero attached hydrogens (tertiary/aromatic N) is 2. The summed E-state index contributed by atoms with van der Waals surface area (Å²) in [4.78, 5) is 6.03. The number of benzene rings is 1. The molecule has 0 saturated heterocycles. The number of hydrogen-bond donors (Lipinski definition) is 1. The van der Waals surface area contributed by atoms with Crippen molar-refractivity contribution in [3.05, 3.63) is 46.0 Å². The molecular formula is C16H19N3S. The molecule has 0 amide bonds. The van der Waals surface area contributed by atoms with Crippen LogP contribution in [-0.4, -0.2) is 11.2 Å². The number of aryl methyl sites for hydroxylation is 3. The second kappa shape index (κ2) is 6.18. The van der Waals surface area contributed by atoms with Crippen molar-refractivity contribution in [1.82, 2.24) is 4.98 Å². The fraction of sp³-hybridized carbons (Fsp3) is 0.375. The van der Waals surface area contributed by atoms with E-state index in [1.54, 1.807) is 11.3 Å². The normalized spacial score (nSPS) is 14.4. The molecule has 4 heteroatoms. The van der Waals surface area contributed by atoms with Gasteiger partial charge in [-0.1, -0.05) is 31.2 Å². The van der Waals surface area contributed by atoms with Crippen LogP contribution in [0.1, 0.15) is 41.5 Å². The summed E-state index contributed by atoms with van der Waals surface area (Å²) in [5.74, 6) is 0. The van der Waals surface area contributed by atoms with Crippen LogP contribution in [0.5, 0.6) is 0 Å². The Morgan fingerprint density at radius 2 is 2.05 bits per heavy atom. The van der Waals surface area contributed by atoms with Crippen LogP contribution in [0.4, 0.5) is 5.13 Å². The minimum atomic E-state index is 0.915. The van der Waals surface area contributed by atoms with Crippen LogP contribution in [0.15, 0.2) is 29.4 Å². The molecular weight excluding hydrogens is 266 g/mol. The first kappa shape index (κ1) is 13.3. The predicted octanol–water partition coefficient (Wildman–Crippen LogP) is 4.03. The third-order valence-electron chi connectivity index (χ3n) is 3.61. The summed E-state index contributed by atoms with van der Waals surface area (Å²) in [6, 6.07) is 8.47. The first-order valence-corrected chi connectivity index (χ1v) is 8.03. The molecule has 0 fully saturated rings. The van der Waals surface area contributed by atoms with Crippen molar-refractivity contribution in [3.8, 4) is 0 Å². The van der Waals surface area contributed by atoms with Crippen molar-refractivity contribution in [2.45, 2.75) is 39.0 Å². The van der Waals surface area contributed by atoms with Gasteiger partial charge in [0, 0.05) is 4.88 Å². The van der Waals surface area contributed by atoms with Gasteiger partial charge in [0.05, 0.1) is 11.9 Å². The smallest absolute Gasteiger partial charge is 0.203 e. The van der Waals surface area contributed by atoms with E-state index in [1.807, 2.05) is 6.21 Å². The van der Waals surface area contributed by atoms with E-state index in [1.165, 1.54) is 35.4 Å². The lowest BCUT2D eigenvalue weighted by atomic mass is 10.0. The number of rotatable bonds is 4. The number of hydrogen-bond acceptors (Lipinski definition) is 4. The summed E-state index contributed by atoms with van der Waals surface area (Å²) in [7, 11) is 0. The van der Waals surface area contributed by atoms with Gasteiger partial charge in [-0.3, -0.25) is 5.43 Å². The van der Waals surface area contributed by atoms with Crippen LogP contribution in [0.2, 0.25) is 0 Å². The lowest BCUT2D eigenvalue weighted by molar-refractivity contribution is 0.682. The zero-order valence-electron chi connectivity index (χ0n) is 11.7. The molecule has 0 bridgehead atoms. The van der Waals surface area contributed by atoms with Crippen LogP contribution in [0, 0.1) is 0 Å². The van der Waals surface area contributed by atoms with Crippen molar-refractivity contribution in [1.29, 1.82) is 0 Å². The first-order chi connectivity index (χ1) is 9.85. The molecule has 0 atom stereocenters. The number of thiazole rings is 1. The predicted molar refractivity (Wildman–Crippen MR) is 85.8 cm³/mol. The van der Waals surface area contributed by atoms with Crippen LogP contribution in [0.25, 0.3) is 0 Å². The monoisotopic (exact) mass is 285 g/mol. The minimum absolute atomic E-state index is 0.915. The molecule has 0 saturated carbocycles. The van der Waals surface area contributed by atoms with Gasteiger partial charge in [-0.2, -0.15) is 5.10 Å². The Morgan fingerprint density at radius 3 is 2.80 bits per heavy atom. The molecule has 104 valence electrons. The SMILES string of the molecule is CCc1ccc(/C=N/Nc2nc3c(s2)CCCC3)cc1. The highest BCUT2D eigenvalue weighted by Gasteiger charge is 2.14. The molecule has 2 aromatic rings. The van der Waals surface area contributed by atoms with Gasteiger partial charge < -0.3 is 0 Å². The van der Waals surface area contributed by atoms with Crippen LogP contribution >= 0.6 is 11.3 Å². The van der Waals surface area contributed by atoms with Gasteiger partial charge in [-0.25, -0.2) is 4.98 Å². The van der Waals surface area contributed by atoms with Crippen LogP contribution < -0.4 is 5.43 Å². The van der Waals surface area contributed by atoms with Crippen molar-refractivity contribution in [2.75, 3.05) is 5.43 Å². The van der Waals surface area contributed by atoms with Gasteiger partial charge >= 0.3 is 0 Å². The summed E-state index contributed by atoms with van der Waals surface area (Å²) in [5.41, 5.74) is 6.78. The van der Waals surface area contributed by atoms with E-state index in [0.717, 1.165) is 23.5 Å². The minimum Gasteiger partial charge on any atom is -0.253 e. The molecule has 1 heterocycles. The molecule has 3 rings (SSSR count). The Morgan fingerprint density at radius 1 is 1.25 bits per heavy atom. The number of hydrazone groups is 1. The molecule has 0 unspecified atom stereocenters. The van der Waals surface area contributed by atoms with Gasteiger partial charge in [-0.15, -0.1) is 11.3 Å². The molecule has 1 N–H and O–H groups in total. The molecule has 3 nitrogen and oxygen atoms in total. The van der Waals surface area contributed by atoms with E-state index >= 15 is 0 Å². The van der Waals surface area contributed by atoms with E-state index in [-0.39, 0.29) is 0 Å². The molecule has 0 aliphatic heterocycles. The summed E-state index contributed by atoms with van der Waals surface area (Å²) in [6.45, 7) is 2.16. The zero-order chi connectivity index (χ0) is 13.8. The highest BCUT2D eigenvalue weighted by Crippen LogP contribution is 2.29. The van der Waals surface area contributed by atoms with Crippen molar-refractivity contribution >= 4 is 22.7 Å². The molecule has 1 aromatic heterocycles. The lowest BCUT2D eigenvalue weighted by Crippen LogP contribution is -1.99. The van der Waals surface area contributed by atoms with E-state index in [0.29, 0.717) is 0 Å². The quantitative estimate of drug-likeness (QED) is 0.680. The molecule has 0 spiro atoms. The number of aromatic nitrogens is 1. The summed E-state index contributed by atoms with van der Waals surface area (Å²) >= 11 is 1.74. The fourth-order valence-electron chi connectivity index (χ4n) is 2.40. The maximum absolute atomic E-state index is 4.60. The Labute approximate surface area is 123 Å². The van der Waals surface area contributed by atoms with Gasteiger partial charge in [0.1, 0.15) is 0 Å². The average molecular weight is 285 g/mol. The Bertz CT molecular complexity index is 575. The Hall–Kier alpha value is -1.68. The third-order valence-corrected chi connectivity index (χ3v) is 4.67. The van der Waals surface area contributed by atoms with Crippen LogP contribution in [0.3, 0.4) is 0 Å². The van der Waals surface area contributed by atoms with Gasteiger partial charge in [0.2, 0.25) is 5.13 Å². The van der Waals surface area contributed by atoms with Gasteiger partial charge in [0.15, 0.2) is 0 Å². The third kappa shape index (κ3) is 3.07. The number of fused-ring (bicyclic) bond motifs is 1. The first-order valence-electron chi connectivity index (χ1n) is 7.22. The Kier molecular flexibility index (Phi) is 4.11. The van der Waals surface area contributed by atoms with Crippen LogP contribution in [-0.2, 0) is 19.3 Å². The van der Waals surface area contributed by atoms with Gasteiger partial charge in [0.25, 0.3) is 0 Å². The second-order valence-corrected chi connectivity index (χ2v) is 6.14. The highest BCUT2D eigenvalue weighted by molar-refractivity contribution is 7.15. The zero-order valence-corrected chi connectivity index (χ0v) is 12.5. The van der Waals surface area contributed by atoms with E-state index in [9.17, 15) is 0 Å². The lowest BCUT2D eigenvalue weighted by Gasteiger charge is -2.06. The maximum Gasteiger partial charge on any atom is 0.203 e. The van der Waals surface area contributed by atoms with E-state index in [4.69, 9.17) is 0 Å². The van der Waals surface area contributed by atoms with E-state index in [2.05, 4.69) is 46.7 Å². The number of anilines is 1. The molecule has 1 aromatic carbocycles. The molecule has 20 heavy (non-hydrogen) atoms. The molecule has 1 aliphatic carbocycles. The molecule has 0 radical (unpaired) electrons. The van der Waals surface area contributed by atoms with E-state index < -0.39 is 0 Å². The second-order valence-electron chi connectivity index (χ2n) is 5.06. The summed E-state index contributed by atoms with van der Waals surface area (Å²) in [5, 5.41) is 5.20. The summed E-state index contributed by atoms with van der Waals surface area (Å²) in [6.07, 6.45) is 7.78. The van der Waals surface area contributed by atoms with Crippen molar-refractivity contribution < 1.29 is 0 Å². The van der Waals surface area contributed by atoms with Crippen molar-refractivity contribution in [2.24, 2.45) is 5.10 Å². The fourth-order valence-corrected chi connectivity index (χ4v) is 3.40. The maximum atomic E-state index is 4.60. The average Bonchev–Trinajstić information content (AvgIpc) is 2.90. The molecule has 1 aliphatic rings. The number of nitrogens with one attached hydrogen (secondary N) is 1.